The summed E-state index contributed by atoms with van der Waals surface area (Å²) in [5.41, 5.74) is -0.119. The number of nitro benzene ring substituents is 1. The maximum Gasteiger partial charge on any atom is 0.305 e. The molecule has 1 atom stereocenters. The van der Waals surface area contributed by atoms with Gasteiger partial charge >= 0.3 is 5.97 Å². The van der Waals surface area contributed by atoms with Crippen LogP contribution in [-0.2, 0) is 4.79 Å². The third-order valence-electron chi connectivity index (χ3n) is 3.84. The highest BCUT2D eigenvalue weighted by molar-refractivity contribution is 6.31. The number of carboxylic acid groups (broad SMARTS) is 1. The maximum absolute atomic E-state index is 12.6. The Morgan fingerprint density at radius 1 is 1.25 bits per heavy atom. The van der Waals surface area contributed by atoms with Gasteiger partial charge in [-0.05, 0) is 36.2 Å². The molecule has 0 radical (unpaired) electrons. The predicted octanol–water partition coefficient (Wildman–Crippen LogP) is 3.98. The summed E-state index contributed by atoms with van der Waals surface area (Å²) in [6.07, 6.45) is 0.460. The van der Waals surface area contributed by atoms with E-state index in [9.17, 15) is 24.8 Å². The monoisotopic (exact) mass is 406 g/mol. The van der Waals surface area contributed by atoms with Crippen LogP contribution in [0.2, 0.25) is 5.02 Å². The number of hydrogen-bond acceptors (Lipinski definition) is 5. The lowest BCUT2D eigenvalue weighted by atomic mass is 10.0. The second kappa shape index (κ2) is 9.70. The highest BCUT2D eigenvalue weighted by atomic mass is 35.5. The largest absolute Gasteiger partial charge is 0.494 e. The molecule has 9 heteroatoms. The number of nitrogens with one attached hydrogen (secondary N) is 1. The predicted molar refractivity (Wildman–Crippen MR) is 103 cm³/mol. The number of amides is 1. The van der Waals surface area contributed by atoms with Crippen molar-refractivity contribution in [3.63, 3.8) is 0 Å². The minimum absolute atomic E-state index is 0.119. The average Bonchev–Trinajstić information content (AvgIpc) is 2.65. The van der Waals surface area contributed by atoms with Gasteiger partial charge in [-0.25, -0.2) is 0 Å². The molecule has 0 spiro atoms. The number of benzene rings is 2. The first kappa shape index (κ1) is 21.2. The number of rotatable bonds is 9. The van der Waals surface area contributed by atoms with Gasteiger partial charge in [0, 0.05) is 11.1 Å². The molecule has 2 aromatic rings. The van der Waals surface area contributed by atoms with E-state index in [1.54, 1.807) is 24.3 Å². The number of carbonyl (C=O) groups is 2. The van der Waals surface area contributed by atoms with E-state index < -0.39 is 28.5 Å². The number of aliphatic carboxylic acids is 1. The van der Waals surface area contributed by atoms with Crippen LogP contribution in [0.5, 0.6) is 5.75 Å². The topological polar surface area (TPSA) is 119 Å². The van der Waals surface area contributed by atoms with Crippen molar-refractivity contribution in [3.05, 3.63) is 68.7 Å². The molecular formula is C19H19ClN2O6. The minimum Gasteiger partial charge on any atom is -0.494 e. The number of nitro groups is 1. The van der Waals surface area contributed by atoms with Crippen molar-refractivity contribution < 1.29 is 24.4 Å². The molecule has 2 N–H and O–H groups in total. The van der Waals surface area contributed by atoms with E-state index >= 15 is 0 Å². The molecule has 2 rings (SSSR count). The molecule has 1 amide bonds. The Labute approximate surface area is 166 Å². The summed E-state index contributed by atoms with van der Waals surface area (Å²) in [6, 6.07) is 9.44. The lowest BCUT2D eigenvalue weighted by Crippen LogP contribution is -2.30. The van der Waals surface area contributed by atoms with Crippen molar-refractivity contribution in [3.8, 4) is 5.75 Å². The number of nitrogens with zero attached hydrogens (tertiary/aromatic N) is 1. The smallest absolute Gasteiger partial charge is 0.305 e. The number of hydrogen-bond donors (Lipinski definition) is 2. The average molecular weight is 407 g/mol. The first-order valence-electron chi connectivity index (χ1n) is 8.51. The van der Waals surface area contributed by atoms with E-state index in [1.165, 1.54) is 12.1 Å². The van der Waals surface area contributed by atoms with Crippen LogP contribution in [0.3, 0.4) is 0 Å². The van der Waals surface area contributed by atoms with Crippen molar-refractivity contribution in [1.82, 2.24) is 5.32 Å². The molecule has 0 aromatic heterocycles. The van der Waals surface area contributed by atoms with Crippen LogP contribution in [0.25, 0.3) is 0 Å². The van der Waals surface area contributed by atoms with Gasteiger partial charge in [0.15, 0.2) is 0 Å². The molecular weight excluding hydrogens is 388 g/mol. The standard InChI is InChI=1S/C19H19ClN2O6/c1-2-9-28-14-6-3-12(4-7-14)16(11-18(23)24)21-19(25)15-8-5-13(20)10-17(15)22(26)27/h3-8,10,16H,2,9,11H2,1H3,(H,21,25)(H,23,24)/t16-/m0/s1. The zero-order chi connectivity index (χ0) is 20.7. The third-order valence-corrected chi connectivity index (χ3v) is 4.08. The first-order chi connectivity index (χ1) is 13.3. The fourth-order valence-electron chi connectivity index (χ4n) is 2.53. The second-order valence-corrected chi connectivity index (χ2v) is 6.40. The molecule has 0 bridgehead atoms. The summed E-state index contributed by atoms with van der Waals surface area (Å²) in [6.45, 7) is 2.53. The zero-order valence-electron chi connectivity index (χ0n) is 15.1. The van der Waals surface area contributed by atoms with Crippen LogP contribution in [0.15, 0.2) is 42.5 Å². The van der Waals surface area contributed by atoms with Gasteiger partial charge in [0.2, 0.25) is 0 Å². The van der Waals surface area contributed by atoms with Crippen molar-refractivity contribution >= 4 is 29.2 Å². The van der Waals surface area contributed by atoms with Gasteiger partial charge in [-0.15, -0.1) is 0 Å². The molecule has 0 aliphatic rings. The molecule has 0 unspecified atom stereocenters. The Morgan fingerprint density at radius 3 is 2.50 bits per heavy atom. The zero-order valence-corrected chi connectivity index (χ0v) is 15.8. The Morgan fingerprint density at radius 2 is 1.93 bits per heavy atom. The Balaban J connectivity index is 2.26. The molecule has 2 aromatic carbocycles. The first-order valence-corrected chi connectivity index (χ1v) is 8.89. The van der Waals surface area contributed by atoms with Crippen LogP contribution < -0.4 is 10.1 Å². The van der Waals surface area contributed by atoms with Gasteiger partial charge in [0.25, 0.3) is 11.6 Å². The van der Waals surface area contributed by atoms with Gasteiger partial charge in [-0.3, -0.25) is 19.7 Å². The molecule has 148 valence electrons. The lowest BCUT2D eigenvalue weighted by molar-refractivity contribution is -0.385. The van der Waals surface area contributed by atoms with Crippen molar-refractivity contribution in [2.24, 2.45) is 0 Å². The van der Waals surface area contributed by atoms with E-state index in [1.807, 2.05) is 6.92 Å². The molecule has 8 nitrogen and oxygen atoms in total. The summed E-state index contributed by atoms with van der Waals surface area (Å²) in [7, 11) is 0. The number of carboxylic acids is 1. The molecule has 0 saturated heterocycles. The minimum atomic E-state index is -1.12. The molecule has 0 saturated carbocycles. The van der Waals surface area contributed by atoms with Gasteiger partial charge in [0.1, 0.15) is 11.3 Å². The fourth-order valence-corrected chi connectivity index (χ4v) is 2.69. The van der Waals surface area contributed by atoms with E-state index in [-0.39, 0.29) is 17.0 Å². The Hall–Kier alpha value is -3.13. The SMILES string of the molecule is CCCOc1ccc([C@H](CC(=O)O)NC(=O)c2ccc(Cl)cc2[N+](=O)[O-])cc1. The highest BCUT2D eigenvalue weighted by Crippen LogP contribution is 2.25. The Kier molecular flexibility index (Phi) is 7.34. The number of halogens is 1. The van der Waals surface area contributed by atoms with Crippen LogP contribution >= 0.6 is 11.6 Å². The molecule has 0 heterocycles. The maximum atomic E-state index is 12.6. The normalized spacial score (nSPS) is 11.5. The van der Waals surface area contributed by atoms with E-state index in [2.05, 4.69) is 5.32 Å². The van der Waals surface area contributed by atoms with Crippen molar-refractivity contribution in [1.29, 1.82) is 0 Å². The van der Waals surface area contributed by atoms with Crippen molar-refractivity contribution in [2.45, 2.75) is 25.8 Å². The molecule has 28 heavy (non-hydrogen) atoms. The van der Waals surface area contributed by atoms with E-state index in [4.69, 9.17) is 16.3 Å². The Bertz CT molecular complexity index is 869. The van der Waals surface area contributed by atoms with Crippen LogP contribution in [0.4, 0.5) is 5.69 Å². The van der Waals surface area contributed by atoms with Gasteiger partial charge < -0.3 is 15.2 Å². The van der Waals surface area contributed by atoms with Gasteiger partial charge in [-0.1, -0.05) is 30.7 Å². The second-order valence-electron chi connectivity index (χ2n) is 5.96. The summed E-state index contributed by atoms with van der Waals surface area (Å²) >= 11 is 5.76. The molecule has 0 aliphatic heterocycles. The summed E-state index contributed by atoms with van der Waals surface area (Å²) < 4.78 is 5.48. The third kappa shape index (κ3) is 5.68. The van der Waals surface area contributed by atoms with Gasteiger partial charge in [0.05, 0.1) is 24.0 Å². The van der Waals surface area contributed by atoms with E-state index in [0.717, 1.165) is 12.5 Å². The quantitative estimate of drug-likeness (QED) is 0.480. The fraction of sp³-hybridized carbons (Fsp3) is 0.263. The summed E-state index contributed by atoms with van der Waals surface area (Å²) in [4.78, 5) is 34.3. The summed E-state index contributed by atoms with van der Waals surface area (Å²) in [5, 5.41) is 23.0. The van der Waals surface area contributed by atoms with Crippen molar-refractivity contribution in [2.75, 3.05) is 6.61 Å². The lowest BCUT2D eigenvalue weighted by Gasteiger charge is -2.18. The number of ether oxygens (including phenoxy) is 1. The van der Waals surface area contributed by atoms with E-state index in [0.29, 0.717) is 17.9 Å². The molecule has 0 fully saturated rings. The summed E-state index contributed by atoms with van der Waals surface area (Å²) in [5.74, 6) is -1.26. The number of carbonyl (C=O) groups excluding carboxylic acids is 1. The molecule has 0 aliphatic carbocycles. The van der Waals surface area contributed by atoms with Crippen LogP contribution in [0.1, 0.15) is 41.7 Å². The van der Waals surface area contributed by atoms with Gasteiger partial charge in [-0.2, -0.15) is 0 Å². The highest BCUT2D eigenvalue weighted by Gasteiger charge is 2.24. The van der Waals surface area contributed by atoms with Crippen LogP contribution in [0, 0.1) is 10.1 Å². The van der Waals surface area contributed by atoms with Crippen LogP contribution in [-0.4, -0.2) is 28.5 Å².